The predicted molar refractivity (Wildman–Crippen MR) is 82.8 cm³/mol. The highest BCUT2D eigenvalue weighted by atomic mass is 35.5. The number of nitrogens with two attached hydrogens (primary N) is 1. The summed E-state index contributed by atoms with van der Waals surface area (Å²) in [5, 5.41) is 0.594. The maximum Gasteiger partial charge on any atom is 0.143 e. The van der Waals surface area contributed by atoms with Crippen LogP contribution in [0.15, 0.2) is 36.4 Å². The van der Waals surface area contributed by atoms with Crippen LogP contribution in [-0.2, 0) is 0 Å². The molecule has 4 rings (SSSR count). The molecule has 1 heterocycles. The number of nitrogens with zero attached hydrogens (tertiary/aromatic N) is 2. The molecule has 1 aliphatic rings. The summed E-state index contributed by atoms with van der Waals surface area (Å²) in [6.45, 7) is 0. The minimum Gasteiger partial charge on any atom is -0.398 e. The number of aromatic nitrogens is 2. The van der Waals surface area contributed by atoms with E-state index in [9.17, 15) is 4.39 Å². The summed E-state index contributed by atoms with van der Waals surface area (Å²) in [4.78, 5) is 4.60. The van der Waals surface area contributed by atoms with Gasteiger partial charge >= 0.3 is 0 Å². The summed E-state index contributed by atoms with van der Waals surface area (Å²) < 4.78 is 15.6. The smallest absolute Gasteiger partial charge is 0.143 e. The number of benzene rings is 2. The Kier molecular flexibility index (Phi) is 2.69. The Hall–Kier alpha value is -2.07. The lowest BCUT2D eigenvalue weighted by molar-refractivity contribution is 0.629. The van der Waals surface area contributed by atoms with Crippen molar-refractivity contribution in [2.45, 2.75) is 18.9 Å². The molecule has 0 radical (unpaired) electrons. The fraction of sp³-hybridized carbons (Fsp3) is 0.188. The second-order valence-electron chi connectivity index (χ2n) is 5.40. The molecule has 0 atom stereocenters. The largest absolute Gasteiger partial charge is 0.398 e. The number of nitrogen functional groups attached to an aromatic ring is 1. The summed E-state index contributed by atoms with van der Waals surface area (Å²) in [7, 11) is 0. The molecule has 3 nitrogen and oxygen atoms in total. The molecule has 2 aromatic carbocycles. The highest BCUT2D eigenvalue weighted by Gasteiger charge is 2.29. The van der Waals surface area contributed by atoms with Crippen LogP contribution in [0.2, 0.25) is 5.02 Å². The molecule has 0 saturated heterocycles. The van der Waals surface area contributed by atoms with Crippen LogP contribution in [-0.4, -0.2) is 9.55 Å². The Morgan fingerprint density at radius 2 is 2.00 bits per heavy atom. The van der Waals surface area contributed by atoms with Crippen molar-refractivity contribution in [2.24, 2.45) is 0 Å². The maximum atomic E-state index is 13.4. The highest BCUT2D eigenvalue weighted by molar-refractivity contribution is 6.31. The van der Waals surface area contributed by atoms with E-state index in [1.54, 1.807) is 18.2 Å². The van der Waals surface area contributed by atoms with Gasteiger partial charge in [-0.1, -0.05) is 11.6 Å². The number of rotatable bonds is 2. The van der Waals surface area contributed by atoms with Crippen molar-refractivity contribution in [1.29, 1.82) is 0 Å². The van der Waals surface area contributed by atoms with Crippen molar-refractivity contribution < 1.29 is 4.39 Å². The first-order valence-electron chi connectivity index (χ1n) is 6.86. The van der Waals surface area contributed by atoms with Crippen LogP contribution in [0, 0.1) is 5.82 Å². The van der Waals surface area contributed by atoms with Crippen LogP contribution in [0.25, 0.3) is 22.4 Å². The van der Waals surface area contributed by atoms with Gasteiger partial charge in [-0.2, -0.15) is 0 Å². The zero-order chi connectivity index (χ0) is 14.6. The van der Waals surface area contributed by atoms with E-state index < -0.39 is 0 Å². The molecule has 1 saturated carbocycles. The van der Waals surface area contributed by atoms with Crippen LogP contribution in [0.5, 0.6) is 0 Å². The first-order chi connectivity index (χ1) is 10.1. The Labute approximate surface area is 126 Å². The van der Waals surface area contributed by atoms with E-state index in [0.717, 1.165) is 29.7 Å². The molecule has 0 amide bonds. The average molecular weight is 302 g/mol. The van der Waals surface area contributed by atoms with Gasteiger partial charge in [-0.25, -0.2) is 9.37 Å². The molecular formula is C16H13ClFN3. The fourth-order valence-corrected chi connectivity index (χ4v) is 2.88. The van der Waals surface area contributed by atoms with Gasteiger partial charge in [0.1, 0.15) is 11.6 Å². The average Bonchev–Trinajstić information content (AvgIpc) is 3.20. The second kappa shape index (κ2) is 4.46. The van der Waals surface area contributed by atoms with Crippen LogP contribution >= 0.6 is 11.6 Å². The molecule has 0 unspecified atom stereocenters. The molecule has 0 aliphatic heterocycles. The molecule has 1 aliphatic carbocycles. The Balaban J connectivity index is 2.01. The van der Waals surface area contributed by atoms with Gasteiger partial charge in [0.25, 0.3) is 0 Å². The van der Waals surface area contributed by atoms with Crippen molar-refractivity contribution in [1.82, 2.24) is 9.55 Å². The van der Waals surface area contributed by atoms with Crippen molar-refractivity contribution in [3.05, 3.63) is 47.2 Å². The van der Waals surface area contributed by atoms with E-state index in [4.69, 9.17) is 17.3 Å². The molecule has 106 valence electrons. The minimum absolute atomic E-state index is 0.279. The van der Waals surface area contributed by atoms with E-state index in [2.05, 4.69) is 9.55 Å². The lowest BCUT2D eigenvalue weighted by atomic mass is 10.1. The molecule has 0 bridgehead atoms. The molecule has 1 fully saturated rings. The number of halogens is 2. The lowest BCUT2D eigenvalue weighted by Crippen LogP contribution is -2.00. The van der Waals surface area contributed by atoms with Crippen LogP contribution in [0.3, 0.4) is 0 Å². The van der Waals surface area contributed by atoms with Crippen molar-refractivity contribution in [3.8, 4) is 11.4 Å². The Morgan fingerprint density at radius 3 is 2.71 bits per heavy atom. The molecule has 0 spiro atoms. The summed E-state index contributed by atoms with van der Waals surface area (Å²) in [6.07, 6.45) is 2.23. The lowest BCUT2D eigenvalue weighted by Gasteiger charge is -2.10. The second-order valence-corrected chi connectivity index (χ2v) is 5.84. The molecular weight excluding hydrogens is 289 g/mol. The third-order valence-corrected chi connectivity index (χ3v) is 4.05. The SMILES string of the molecule is Nc1cc(Cl)ccc1-c1nc2cc(F)ccc2n1C1CC1. The number of hydrogen-bond acceptors (Lipinski definition) is 2. The number of anilines is 1. The summed E-state index contributed by atoms with van der Waals surface area (Å²) >= 11 is 5.96. The monoisotopic (exact) mass is 301 g/mol. The van der Waals surface area contributed by atoms with Gasteiger partial charge in [-0.05, 0) is 43.2 Å². The quantitative estimate of drug-likeness (QED) is 0.712. The first-order valence-corrected chi connectivity index (χ1v) is 7.24. The van der Waals surface area contributed by atoms with E-state index in [1.807, 2.05) is 6.07 Å². The fourth-order valence-electron chi connectivity index (χ4n) is 2.70. The molecule has 5 heteroatoms. The first kappa shape index (κ1) is 12.7. The van der Waals surface area contributed by atoms with Gasteiger partial charge in [0.2, 0.25) is 0 Å². The van der Waals surface area contributed by atoms with Gasteiger partial charge in [0.05, 0.1) is 11.0 Å². The topological polar surface area (TPSA) is 43.8 Å². The van der Waals surface area contributed by atoms with Crippen LogP contribution in [0.4, 0.5) is 10.1 Å². The van der Waals surface area contributed by atoms with Gasteiger partial charge in [0, 0.05) is 28.4 Å². The van der Waals surface area contributed by atoms with E-state index in [1.165, 1.54) is 12.1 Å². The number of imidazole rings is 1. The highest BCUT2D eigenvalue weighted by Crippen LogP contribution is 2.42. The predicted octanol–water partition coefficient (Wildman–Crippen LogP) is 4.41. The zero-order valence-electron chi connectivity index (χ0n) is 11.2. The molecule has 2 N–H and O–H groups in total. The van der Waals surface area contributed by atoms with Gasteiger partial charge in [-0.15, -0.1) is 0 Å². The zero-order valence-corrected chi connectivity index (χ0v) is 11.9. The maximum absolute atomic E-state index is 13.4. The number of hydrogen-bond donors (Lipinski definition) is 1. The molecule has 1 aromatic heterocycles. The summed E-state index contributed by atoms with van der Waals surface area (Å²) in [5.74, 6) is 0.505. The van der Waals surface area contributed by atoms with Crippen molar-refractivity contribution >= 4 is 28.3 Å². The van der Waals surface area contributed by atoms with Gasteiger partial charge < -0.3 is 10.3 Å². The van der Waals surface area contributed by atoms with Crippen molar-refractivity contribution in [3.63, 3.8) is 0 Å². The molecule has 21 heavy (non-hydrogen) atoms. The van der Waals surface area contributed by atoms with Crippen LogP contribution < -0.4 is 5.73 Å². The molecule has 3 aromatic rings. The minimum atomic E-state index is -0.279. The van der Waals surface area contributed by atoms with Crippen LogP contribution in [0.1, 0.15) is 18.9 Å². The Bertz CT molecular complexity index is 852. The standard InChI is InChI=1S/C16H13ClFN3/c17-9-1-5-12(13(19)7-9)16-20-14-8-10(18)2-6-15(14)21(16)11-3-4-11/h1-2,5-8,11H,3-4,19H2. The van der Waals surface area contributed by atoms with E-state index >= 15 is 0 Å². The normalized spacial score (nSPS) is 14.8. The van der Waals surface area contributed by atoms with Gasteiger partial charge in [-0.3, -0.25) is 0 Å². The third kappa shape index (κ3) is 2.07. The van der Waals surface area contributed by atoms with Crippen molar-refractivity contribution in [2.75, 3.05) is 5.73 Å². The Morgan fingerprint density at radius 1 is 1.19 bits per heavy atom. The van der Waals surface area contributed by atoms with Gasteiger partial charge in [0.15, 0.2) is 0 Å². The third-order valence-electron chi connectivity index (χ3n) is 3.82. The van der Waals surface area contributed by atoms with E-state index in [0.29, 0.717) is 22.3 Å². The summed E-state index contributed by atoms with van der Waals surface area (Å²) in [5.41, 5.74) is 9.11. The summed E-state index contributed by atoms with van der Waals surface area (Å²) in [6, 6.07) is 10.5. The number of fused-ring (bicyclic) bond motifs is 1. The van der Waals surface area contributed by atoms with E-state index in [-0.39, 0.29) is 5.82 Å².